The molecule has 0 aliphatic rings. The number of hydrogen-bond acceptors (Lipinski definition) is 3. The van der Waals surface area contributed by atoms with Gasteiger partial charge in [-0.2, -0.15) is 0 Å². The molecule has 0 aromatic heterocycles. The Hall–Kier alpha value is -2.09. The Morgan fingerprint density at radius 1 is 1.22 bits per heavy atom. The van der Waals surface area contributed by atoms with E-state index in [2.05, 4.69) is 10.3 Å². The maximum Gasteiger partial charge on any atom is 0.337 e. The van der Waals surface area contributed by atoms with Gasteiger partial charge in [-0.25, -0.2) is 9.79 Å². The molecule has 0 amide bonds. The SMILES string of the molecule is COC(=O)c1cccc(CN=C(N)Nc2cccc(C)c2)c1.I. The van der Waals surface area contributed by atoms with Crippen molar-refractivity contribution in [3.8, 4) is 0 Å². The van der Waals surface area contributed by atoms with Crippen LogP contribution < -0.4 is 11.1 Å². The zero-order chi connectivity index (χ0) is 15.9. The van der Waals surface area contributed by atoms with E-state index in [9.17, 15) is 4.79 Å². The van der Waals surface area contributed by atoms with E-state index < -0.39 is 0 Å². The monoisotopic (exact) mass is 425 g/mol. The Morgan fingerprint density at radius 3 is 2.65 bits per heavy atom. The van der Waals surface area contributed by atoms with Gasteiger partial charge in [0.25, 0.3) is 0 Å². The number of guanidine groups is 1. The zero-order valence-electron chi connectivity index (χ0n) is 13.1. The van der Waals surface area contributed by atoms with E-state index in [4.69, 9.17) is 10.5 Å². The van der Waals surface area contributed by atoms with Crippen molar-refractivity contribution in [1.82, 2.24) is 0 Å². The molecule has 0 fully saturated rings. The average Bonchev–Trinajstić information content (AvgIpc) is 2.52. The summed E-state index contributed by atoms with van der Waals surface area (Å²) in [5.41, 5.74) is 9.30. The molecule has 3 N–H and O–H groups in total. The summed E-state index contributed by atoms with van der Waals surface area (Å²) in [4.78, 5) is 15.8. The lowest BCUT2D eigenvalue weighted by Crippen LogP contribution is -2.22. The highest BCUT2D eigenvalue weighted by atomic mass is 127. The van der Waals surface area contributed by atoms with Crippen molar-refractivity contribution in [3.05, 3.63) is 65.2 Å². The molecule has 0 unspecified atom stereocenters. The molecule has 0 bridgehead atoms. The number of esters is 1. The third-order valence-electron chi connectivity index (χ3n) is 3.07. The van der Waals surface area contributed by atoms with Crippen LogP contribution in [0.1, 0.15) is 21.5 Å². The molecular formula is C17H20IN3O2. The first-order valence-corrected chi connectivity index (χ1v) is 6.89. The van der Waals surface area contributed by atoms with Crippen molar-refractivity contribution in [2.75, 3.05) is 12.4 Å². The van der Waals surface area contributed by atoms with Crippen LogP contribution in [0.4, 0.5) is 5.69 Å². The fourth-order valence-electron chi connectivity index (χ4n) is 2.00. The lowest BCUT2D eigenvalue weighted by atomic mass is 10.1. The minimum Gasteiger partial charge on any atom is -0.465 e. The summed E-state index contributed by atoms with van der Waals surface area (Å²) in [5, 5.41) is 3.04. The lowest BCUT2D eigenvalue weighted by molar-refractivity contribution is 0.0600. The number of aryl methyl sites for hydroxylation is 1. The second-order valence-corrected chi connectivity index (χ2v) is 4.89. The van der Waals surface area contributed by atoms with Gasteiger partial charge in [-0.05, 0) is 42.3 Å². The molecule has 0 aliphatic carbocycles. The number of nitrogens with one attached hydrogen (secondary N) is 1. The Balaban J connectivity index is 0.00000264. The highest BCUT2D eigenvalue weighted by Crippen LogP contribution is 2.10. The normalized spacial score (nSPS) is 10.6. The molecule has 2 aromatic rings. The van der Waals surface area contributed by atoms with E-state index in [0.29, 0.717) is 18.1 Å². The summed E-state index contributed by atoms with van der Waals surface area (Å²) >= 11 is 0. The van der Waals surface area contributed by atoms with Crippen LogP contribution in [0.2, 0.25) is 0 Å². The molecule has 2 aromatic carbocycles. The third-order valence-corrected chi connectivity index (χ3v) is 3.07. The maximum absolute atomic E-state index is 11.5. The average molecular weight is 425 g/mol. The first kappa shape index (κ1) is 19.0. The Labute approximate surface area is 153 Å². The predicted octanol–water partition coefficient (Wildman–Crippen LogP) is 3.33. The first-order chi connectivity index (χ1) is 10.6. The molecule has 2 rings (SSSR count). The number of nitrogens with two attached hydrogens (primary N) is 1. The van der Waals surface area contributed by atoms with Gasteiger partial charge in [0.2, 0.25) is 0 Å². The molecule has 0 atom stereocenters. The van der Waals surface area contributed by atoms with E-state index in [0.717, 1.165) is 16.8 Å². The number of benzene rings is 2. The summed E-state index contributed by atoms with van der Waals surface area (Å²) < 4.78 is 4.70. The molecule has 0 saturated carbocycles. The minimum absolute atomic E-state index is 0. The van der Waals surface area contributed by atoms with Crippen LogP contribution in [0.5, 0.6) is 0 Å². The van der Waals surface area contributed by atoms with Gasteiger partial charge in [0, 0.05) is 5.69 Å². The van der Waals surface area contributed by atoms with E-state index in [1.165, 1.54) is 7.11 Å². The van der Waals surface area contributed by atoms with Crippen LogP contribution >= 0.6 is 24.0 Å². The zero-order valence-corrected chi connectivity index (χ0v) is 15.4. The predicted molar refractivity (Wildman–Crippen MR) is 103 cm³/mol. The van der Waals surface area contributed by atoms with E-state index in [-0.39, 0.29) is 29.9 Å². The molecule has 0 heterocycles. The van der Waals surface area contributed by atoms with E-state index >= 15 is 0 Å². The van der Waals surface area contributed by atoms with Gasteiger partial charge in [-0.15, -0.1) is 24.0 Å². The summed E-state index contributed by atoms with van der Waals surface area (Å²) in [5.74, 6) is -0.0363. The molecular weight excluding hydrogens is 405 g/mol. The lowest BCUT2D eigenvalue weighted by Gasteiger charge is -2.07. The van der Waals surface area contributed by atoms with Crippen LogP contribution in [0.25, 0.3) is 0 Å². The van der Waals surface area contributed by atoms with Crippen molar-refractivity contribution in [3.63, 3.8) is 0 Å². The molecule has 23 heavy (non-hydrogen) atoms. The van der Waals surface area contributed by atoms with Crippen LogP contribution in [0.15, 0.2) is 53.5 Å². The molecule has 0 saturated heterocycles. The number of hydrogen-bond donors (Lipinski definition) is 2. The van der Waals surface area contributed by atoms with Crippen molar-refractivity contribution in [2.45, 2.75) is 13.5 Å². The van der Waals surface area contributed by atoms with Crippen LogP contribution in [0.3, 0.4) is 0 Å². The highest BCUT2D eigenvalue weighted by molar-refractivity contribution is 14.0. The number of aliphatic imine (C=N–C) groups is 1. The molecule has 0 spiro atoms. The van der Waals surface area contributed by atoms with Gasteiger partial charge in [-0.1, -0.05) is 24.3 Å². The number of ether oxygens (including phenoxy) is 1. The largest absolute Gasteiger partial charge is 0.465 e. The maximum atomic E-state index is 11.5. The smallest absolute Gasteiger partial charge is 0.337 e. The van der Waals surface area contributed by atoms with Crippen LogP contribution in [-0.4, -0.2) is 19.0 Å². The number of methoxy groups -OCH3 is 1. The molecule has 122 valence electrons. The summed E-state index contributed by atoms with van der Waals surface area (Å²) in [6.07, 6.45) is 0. The van der Waals surface area contributed by atoms with E-state index in [1.54, 1.807) is 18.2 Å². The second-order valence-electron chi connectivity index (χ2n) is 4.89. The van der Waals surface area contributed by atoms with Crippen LogP contribution in [0, 0.1) is 6.92 Å². The summed E-state index contributed by atoms with van der Waals surface area (Å²) in [6, 6.07) is 15.0. The Kier molecular flexibility index (Phi) is 7.53. The second kappa shape index (κ2) is 9.14. The fraction of sp³-hybridized carbons (Fsp3) is 0.176. The Morgan fingerprint density at radius 2 is 1.96 bits per heavy atom. The number of carbonyl (C=O) groups is 1. The standard InChI is InChI=1S/C17H19N3O2.HI/c1-12-5-3-8-15(9-12)20-17(18)19-11-13-6-4-7-14(10-13)16(21)22-2;/h3-10H,11H2,1-2H3,(H3,18,19,20);1H. The molecule has 5 nitrogen and oxygen atoms in total. The Bertz CT molecular complexity index is 702. The summed E-state index contributed by atoms with van der Waals surface area (Å²) in [6.45, 7) is 2.40. The van der Waals surface area contributed by atoms with Gasteiger partial charge in [-0.3, -0.25) is 0 Å². The van der Waals surface area contributed by atoms with Crippen LogP contribution in [-0.2, 0) is 11.3 Å². The minimum atomic E-state index is -0.364. The van der Waals surface area contributed by atoms with Crippen molar-refractivity contribution >= 4 is 41.6 Å². The van der Waals surface area contributed by atoms with Gasteiger partial charge < -0.3 is 15.8 Å². The summed E-state index contributed by atoms with van der Waals surface area (Å²) in [7, 11) is 1.36. The van der Waals surface area contributed by atoms with Crippen molar-refractivity contribution in [1.29, 1.82) is 0 Å². The fourth-order valence-corrected chi connectivity index (χ4v) is 2.00. The topological polar surface area (TPSA) is 76.7 Å². The molecule has 0 aliphatic heterocycles. The van der Waals surface area contributed by atoms with Gasteiger partial charge >= 0.3 is 5.97 Å². The third kappa shape index (κ3) is 5.90. The van der Waals surface area contributed by atoms with Crippen molar-refractivity contribution in [2.24, 2.45) is 10.7 Å². The quantitative estimate of drug-likeness (QED) is 0.341. The number of carbonyl (C=O) groups excluding carboxylic acids is 1. The van der Waals surface area contributed by atoms with Crippen molar-refractivity contribution < 1.29 is 9.53 Å². The van der Waals surface area contributed by atoms with Gasteiger partial charge in [0.05, 0.1) is 19.2 Å². The highest BCUT2D eigenvalue weighted by Gasteiger charge is 2.05. The van der Waals surface area contributed by atoms with E-state index in [1.807, 2.05) is 37.3 Å². The molecule has 6 heteroatoms. The first-order valence-electron chi connectivity index (χ1n) is 6.89. The number of rotatable bonds is 4. The number of anilines is 1. The van der Waals surface area contributed by atoms with Gasteiger partial charge in [0.15, 0.2) is 5.96 Å². The molecule has 0 radical (unpaired) electrons. The number of halogens is 1. The number of nitrogens with zero attached hydrogens (tertiary/aromatic N) is 1. The van der Waals surface area contributed by atoms with Gasteiger partial charge in [0.1, 0.15) is 0 Å².